The Morgan fingerprint density at radius 3 is 2.24 bits per heavy atom. The molecule has 3 rings (SSSR count). The summed E-state index contributed by atoms with van der Waals surface area (Å²) >= 11 is 0. The lowest BCUT2D eigenvalue weighted by atomic mass is 10.2. The van der Waals surface area contributed by atoms with E-state index in [1.807, 2.05) is 13.0 Å². The number of carbonyl (C=O) groups excluding carboxylic acids is 2. The van der Waals surface area contributed by atoms with Crippen molar-refractivity contribution < 1.29 is 27.5 Å². The van der Waals surface area contributed by atoms with E-state index < -0.39 is 30.2 Å². The van der Waals surface area contributed by atoms with Crippen LogP contribution in [0.4, 0.5) is 18.9 Å². The van der Waals surface area contributed by atoms with Crippen LogP contribution in [0.3, 0.4) is 0 Å². The van der Waals surface area contributed by atoms with Crippen LogP contribution in [0.25, 0.3) is 5.69 Å². The number of halogens is 3. The number of nitrogens with zero attached hydrogens (tertiary/aromatic N) is 2. The van der Waals surface area contributed by atoms with Gasteiger partial charge in [-0.05, 0) is 61.5 Å². The van der Waals surface area contributed by atoms with E-state index in [0.717, 1.165) is 35.6 Å². The highest BCUT2D eigenvalue weighted by molar-refractivity contribution is 5.95. The number of benzene rings is 2. The Morgan fingerprint density at radius 2 is 1.69 bits per heavy atom. The van der Waals surface area contributed by atoms with Gasteiger partial charge in [0.05, 0.1) is 16.8 Å². The Morgan fingerprint density at radius 1 is 1.03 bits per heavy atom. The molecule has 1 aromatic heterocycles. The zero-order valence-electron chi connectivity index (χ0n) is 15.2. The van der Waals surface area contributed by atoms with Gasteiger partial charge in [-0.2, -0.15) is 18.3 Å². The molecule has 0 saturated heterocycles. The molecule has 150 valence electrons. The van der Waals surface area contributed by atoms with Crippen LogP contribution in [-0.2, 0) is 15.7 Å². The number of alkyl halides is 3. The van der Waals surface area contributed by atoms with Gasteiger partial charge in [0.15, 0.2) is 6.61 Å². The summed E-state index contributed by atoms with van der Waals surface area (Å²) in [5.41, 5.74) is 1.29. The quantitative estimate of drug-likeness (QED) is 0.654. The maximum atomic E-state index is 12.5. The molecule has 3 aromatic rings. The van der Waals surface area contributed by atoms with Crippen LogP contribution in [0, 0.1) is 6.92 Å². The van der Waals surface area contributed by atoms with Crippen LogP contribution in [0.15, 0.2) is 60.8 Å². The van der Waals surface area contributed by atoms with Crippen molar-refractivity contribution in [2.75, 3.05) is 11.9 Å². The first-order valence-corrected chi connectivity index (χ1v) is 8.49. The van der Waals surface area contributed by atoms with E-state index in [4.69, 9.17) is 4.74 Å². The molecule has 1 amide bonds. The fourth-order valence-corrected chi connectivity index (χ4v) is 2.53. The van der Waals surface area contributed by atoms with Crippen LogP contribution < -0.4 is 5.32 Å². The molecular weight excluding hydrogens is 387 g/mol. The van der Waals surface area contributed by atoms with Gasteiger partial charge >= 0.3 is 12.1 Å². The number of ether oxygens (including phenoxy) is 1. The largest absolute Gasteiger partial charge is 0.452 e. The minimum atomic E-state index is -4.45. The van der Waals surface area contributed by atoms with E-state index >= 15 is 0 Å². The number of esters is 1. The molecule has 0 bridgehead atoms. The number of anilines is 1. The first-order chi connectivity index (χ1) is 13.7. The molecule has 0 saturated carbocycles. The van der Waals surface area contributed by atoms with Crippen LogP contribution in [0.1, 0.15) is 21.6 Å². The minimum Gasteiger partial charge on any atom is -0.452 e. The molecule has 0 atom stereocenters. The predicted molar refractivity (Wildman–Crippen MR) is 98.7 cm³/mol. The van der Waals surface area contributed by atoms with Crippen molar-refractivity contribution in [2.45, 2.75) is 13.1 Å². The van der Waals surface area contributed by atoms with Gasteiger partial charge in [0.1, 0.15) is 0 Å². The van der Waals surface area contributed by atoms with Crippen LogP contribution >= 0.6 is 0 Å². The van der Waals surface area contributed by atoms with E-state index in [0.29, 0.717) is 0 Å². The monoisotopic (exact) mass is 403 g/mol. The summed E-state index contributed by atoms with van der Waals surface area (Å²) in [6.45, 7) is 1.32. The number of nitrogens with one attached hydrogen (secondary N) is 1. The van der Waals surface area contributed by atoms with Crippen LogP contribution in [-0.4, -0.2) is 28.3 Å². The van der Waals surface area contributed by atoms with Crippen LogP contribution in [0.5, 0.6) is 0 Å². The molecule has 0 unspecified atom stereocenters. The first kappa shape index (κ1) is 20.1. The Kier molecular flexibility index (Phi) is 5.67. The van der Waals surface area contributed by atoms with Gasteiger partial charge in [0.25, 0.3) is 5.91 Å². The smallest absolute Gasteiger partial charge is 0.416 e. The Labute approximate surface area is 163 Å². The average Bonchev–Trinajstić information content (AvgIpc) is 3.12. The summed E-state index contributed by atoms with van der Waals surface area (Å²) in [7, 11) is 0. The topological polar surface area (TPSA) is 73.2 Å². The highest BCUT2D eigenvalue weighted by atomic mass is 19.4. The second kappa shape index (κ2) is 8.17. The van der Waals surface area contributed by atoms with E-state index in [1.54, 1.807) is 35.1 Å². The Balaban J connectivity index is 1.53. The van der Waals surface area contributed by atoms with Gasteiger partial charge in [-0.15, -0.1) is 0 Å². The fraction of sp³-hybridized carbons (Fsp3) is 0.150. The highest BCUT2D eigenvalue weighted by Gasteiger charge is 2.30. The molecule has 1 N–H and O–H groups in total. The second-order valence-corrected chi connectivity index (χ2v) is 6.13. The summed E-state index contributed by atoms with van der Waals surface area (Å²) in [6.07, 6.45) is -2.80. The molecule has 0 aliphatic carbocycles. The number of hydrogen-bond acceptors (Lipinski definition) is 4. The summed E-state index contributed by atoms with van der Waals surface area (Å²) in [4.78, 5) is 23.9. The molecule has 0 radical (unpaired) electrons. The normalized spacial score (nSPS) is 11.2. The SMILES string of the molecule is Cc1ccnn1-c1ccc(C(=O)OCC(=O)Nc2ccc(C(F)(F)F)cc2)cc1. The minimum absolute atomic E-state index is 0.165. The van der Waals surface area contributed by atoms with Gasteiger partial charge in [0.2, 0.25) is 0 Å². The number of hydrogen-bond donors (Lipinski definition) is 1. The molecular formula is C20H16F3N3O3. The van der Waals surface area contributed by atoms with Crippen molar-refractivity contribution in [3.8, 4) is 5.69 Å². The van der Waals surface area contributed by atoms with E-state index in [9.17, 15) is 22.8 Å². The maximum Gasteiger partial charge on any atom is 0.416 e. The Hall–Kier alpha value is -3.62. The second-order valence-electron chi connectivity index (χ2n) is 6.13. The van der Waals surface area contributed by atoms with Crippen molar-refractivity contribution in [3.05, 3.63) is 77.6 Å². The standard InChI is InChI=1S/C20H16F3N3O3/c1-13-10-11-24-26(13)17-8-2-14(3-9-17)19(28)29-12-18(27)25-16-6-4-15(5-7-16)20(21,22)23/h2-11H,12H2,1H3,(H,25,27). The highest BCUT2D eigenvalue weighted by Crippen LogP contribution is 2.29. The molecule has 9 heteroatoms. The van der Waals surface area contributed by atoms with Crippen LogP contribution in [0.2, 0.25) is 0 Å². The van der Waals surface area contributed by atoms with Gasteiger partial charge in [0, 0.05) is 17.6 Å². The summed E-state index contributed by atoms with van der Waals surface area (Å²) in [6, 6.07) is 12.3. The van der Waals surface area contributed by atoms with E-state index in [2.05, 4.69) is 10.4 Å². The van der Waals surface area contributed by atoms with Gasteiger partial charge < -0.3 is 10.1 Å². The number of rotatable bonds is 5. The average molecular weight is 403 g/mol. The number of aromatic nitrogens is 2. The molecule has 6 nitrogen and oxygen atoms in total. The summed E-state index contributed by atoms with van der Waals surface area (Å²) in [5, 5.41) is 6.53. The van der Waals surface area contributed by atoms with Crippen molar-refractivity contribution in [2.24, 2.45) is 0 Å². The Bertz CT molecular complexity index is 1010. The van der Waals surface area contributed by atoms with E-state index in [-0.39, 0.29) is 11.3 Å². The molecule has 1 heterocycles. The van der Waals surface area contributed by atoms with Crippen molar-refractivity contribution >= 4 is 17.6 Å². The summed E-state index contributed by atoms with van der Waals surface area (Å²) in [5.74, 6) is -1.36. The van der Waals surface area contributed by atoms with Gasteiger partial charge in [-0.1, -0.05) is 0 Å². The number of amides is 1. The molecule has 0 aliphatic heterocycles. The summed E-state index contributed by atoms with van der Waals surface area (Å²) < 4.78 is 44.2. The molecule has 0 fully saturated rings. The molecule has 2 aromatic carbocycles. The zero-order valence-corrected chi connectivity index (χ0v) is 15.2. The third-order valence-corrected chi connectivity index (χ3v) is 4.01. The fourth-order valence-electron chi connectivity index (χ4n) is 2.53. The lowest BCUT2D eigenvalue weighted by Crippen LogP contribution is -2.21. The maximum absolute atomic E-state index is 12.5. The molecule has 0 aliphatic rings. The lowest BCUT2D eigenvalue weighted by Gasteiger charge is -2.09. The van der Waals surface area contributed by atoms with Gasteiger partial charge in [-0.25, -0.2) is 9.48 Å². The zero-order chi connectivity index (χ0) is 21.0. The predicted octanol–water partition coefficient (Wildman–Crippen LogP) is 4.00. The third-order valence-electron chi connectivity index (χ3n) is 4.01. The molecule has 29 heavy (non-hydrogen) atoms. The molecule has 0 spiro atoms. The van der Waals surface area contributed by atoms with Gasteiger partial charge in [-0.3, -0.25) is 4.79 Å². The lowest BCUT2D eigenvalue weighted by molar-refractivity contribution is -0.137. The first-order valence-electron chi connectivity index (χ1n) is 8.49. The van der Waals surface area contributed by atoms with E-state index in [1.165, 1.54) is 0 Å². The van der Waals surface area contributed by atoms with Crippen molar-refractivity contribution in [1.82, 2.24) is 9.78 Å². The third kappa shape index (κ3) is 5.01. The van der Waals surface area contributed by atoms with Crippen molar-refractivity contribution in [3.63, 3.8) is 0 Å². The number of aryl methyl sites for hydroxylation is 1. The number of carbonyl (C=O) groups is 2. The van der Waals surface area contributed by atoms with Crippen molar-refractivity contribution in [1.29, 1.82) is 0 Å².